The summed E-state index contributed by atoms with van der Waals surface area (Å²) in [6.07, 6.45) is 0. The van der Waals surface area contributed by atoms with Crippen LogP contribution in [0.4, 0.5) is 0 Å². The van der Waals surface area contributed by atoms with Crippen LogP contribution in [0.25, 0.3) is 10.8 Å². The van der Waals surface area contributed by atoms with Crippen molar-refractivity contribution >= 4 is 45.6 Å². The Balaban J connectivity index is 1.76. The monoisotopic (exact) mass is 384 g/mol. The van der Waals surface area contributed by atoms with E-state index in [4.69, 9.17) is 33.3 Å². The van der Waals surface area contributed by atoms with E-state index in [1.807, 2.05) is 36.4 Å². The highest BCUT2D eigenvalue weighted by atomic mass is 35.5. The Morgan fingerprint density at radius 1 is 1.00 bits per heavy atom. The van der Waals surface area contributed by atoms with Gasteiger partial charge in [-0.05, 0) is 71.9 Å². The van der Waals surface area contributed by atoms with Crippen molar-refractivity contribution in [2.75, 3.05) is 7.11 Å². The average Bonchev–Trinajstić information content (AvgIpc) is 2.66. The van der Waals surface area contributed by atoms with E-state index in [1.54, 1.807) is 38.3 Å². The lowest BCUT2D eigenvalue weighted by Gasteiger charge is -2.13. The van der Waals surface area contributed by atoms with Crippen molar-refractivity contribution in [1.29, 1.82) is 0 Å². The van der Waals surface area contributed by atoms with E-state index in [-0.39, 0.29) is 5.05 Å². The number of fused-ring (bicyclic) bond motifs is 1. The normalized spacial score (nSPS) is 11.8. The average molecular weight is 385 g/mol. The first-order valence-electron chi connectivity index (χ1n) is 8.07. The van der Waals surface area contributed by atoms with E-state index in [2.05, 4.69) is 0 Å². The van der Waals surface area contributed by atoms with Crippen LogP contribution in [-0.4, -0.2) is 18.1 Å². The molecule has 5 heteroatoms. The topological polar surface area (TPSA) is 35.5 Å². The number of methoxy groups -OCH3 is 1. The maximum absolute atomic E-state index is 12.5. The maximum Gasteiger partial charge on any atom is 0.319 e. The van der Waals surface area contributed by atoms with Crippen molar-refractivity contribution in [3.63, 3.8) is 0 Å². The zero-order chi connectivity index (χ0) is 18.7. The summed E-state index contributed by atoms with van der Waals surface area (Å²) in [4.78, 5) is 12.5. The number of benzene rings is 3. The lowest BCUT2D eigenvalue weighted by molar-refractivity contribution is -0.136. The number of ether oxygens (including phenoxy) is 2. The van der Waals surface area contributed by atoms with Crippen LogP contribution in [0.5, 0.6) is 5.75 Å². The fourth-order valence-corrected chi connectivity index (χ4v) is 2.94. The van der Waals surface area contributed by atoms with Crippen LogP contribution in [0, 0.1) is 0 Å². The maximum atomic E-state index is 12.5. The summed E-state index contributed by atoms with van der Waals surface area (Å²) in [6.45, 7) is 1.80. The molecule has 0 radical (unpaired) electrons. The lowest BCUT2D eigenvalue weighted by Crippen LogP contribution is -2.17. The summed E-state index contributed by atoms with van der Waals surface area (Å²) >= 11 is 11.1. The van der Waals surface area contributed by atoms with Crippen LogP contribution in [0.15, 0.2) is 60.7 Å². The molecule has 1 atom stereocenters. The van der Waals surface area contributed by atoms with E-state index in [9.17, 15) is 4.79 Å². The number of rotatable bonds is 4. The highest BCUT2D eigenvalue weighted by Crippen LogP contribution is 2.26. The number of carbonyl (C=O) groups is 1. The number of esters is 1. The minimum absolute atomic E-state index is 0.143. The highest BCUT2D eigenvalue weighted by molar-refractivity contribution is 7.80. The molecule has 3 rings (SSSR count). The van der Waals surface area contributed by atoms with Crippen LogP contribution in [0.3, 0.4) is 0 Å². The van der Waals surface area contributed by atoms with Gasteiger partial charge >= 0.3 is 5.97 Å². The van der Waals surface area contributed by atoms with Gasteiger partial charge in [-0.3, -0.25) is 4.79 Å². The van der Waals surface area contributed by atoms with Gasteiger partial charge in [0.25, 0.3) is 0 Å². The molecule has 132 valence electrons. The standard InChI is InChI=1S/C21H17ClO3S/c1-13(20(23)25-21(26)14-5-8-18(22)9-6-14)15-3-4-17-12-19(24-2)10-7-16(17)11-15/h3-13H,1-2H3/t13-/m0/s1. The molecular weight excluding hydrogens is 368 g/mol. The Hall–Kier alpha value is -2.43. The van der Waals surface area contributed by atoms with Gasteiger partial charge in [-0.15, -0.1) is 0 Å². The Morgan fingerprint density at radius 2 is 1.65 bits per heavy atom. The van der Waals surface area contributed by atoms with Gasteiger partial charge in [-0.1, -0.05) is 35.9 Å². The van der Waals surface area contributed by atoms with Crippen molar-refractivity contribution in [2.24, 2.45) is 0 Å². The zero-order valence-electron chi connectivity index (χ0n) is 14.4. The predicted molar refractivity (Wildman–Crippen MR) is 108 cm³/mol. The molecule has 3 nitrogen and oxygen atoms in total. The molecule has 0 unspecified atom stereocenters. The quantitative estimate of drug-likeness (QED) is 0.438. The van der Waals surface area contributed by atoms with Crippen molar-refractivity contribution in [2.45, 2.75) is 12.8 Å². The molecule has 3 aromatic carbocycles. The Labute approximate surface area is 162 Å². The molecule has 0 bridgehead atoms. The van der Waals surface area contributed by atoms with E-state index >= 15 is 0 Å². The second-order valence-corrected chi connectivity index (χ2v) is 6.72. The Morgan fingerprint density at radius 3 is 2.35 bits per heavy atom. The molecule has 0 aromatic heterocycles. The smallest absolute Gasteiger partial charge is 0.319 e. The molecule has 0 spiro atoms. The number of halogens is 1. The molecule has 0 heterocycles. The first-order valence-corrected chi connectivity index (χ1v) is 8.86. The highest BCUT2D eigenvalue weighted by Gasteiger charge is 2.19. The summed E-state index contributed by atoms with van der Waals surface area (Å²) < 4.78 is 10.6. The fourth-order valence-electron chi connectivity index (χ4n) is 2.60. The van der Waals surface area contributed by atoms with E-state index < -0.39 is 11.9 Å². The van der Waals surface area contributed by atoms with Gasteiger partial charge < -0.3 is 9.47 Å². The van der Waals surface area contributed by atoms with Gasteiger partial charge in [0, 0.05) is 10.6 Å². The molecule has 0 saturated carbocycles. The summed E-state index contributed by atoms with van der Waals surface area (Å²) in [6, 6.07) is 18.5. The van der Waals surface area contributed by atoms with Crippen molar-refractivity contribution < 1.29 is 14.3 Å². The van der Waals surface area contributed by atoms with Gasteiger partial charge in [0.2, 0.25) is 5.05 Å². The van der Waals surface area contributed by atoms with E-state index in [0.717, 1.165) is 22.1 Å². The fraction of sp³-hybridized carbons (Fsp3) is 0.143. The first-order chi connectivity index (χ1) is 12.5. The third-order valence-corrected chi connectivity index (χ3v) is 4.77. The molecule has 26 heavy (non-hydrogen) atoms. The van der Waals surface area contributed by atoms with Crippen molar-refractivity contribution in [3.05, 3.63) is 76.8 Å². The molecule has 0 aliphatic carbocycles. The van der Waals surface area contributed by atoms with E-state index in [1.165, 1.54) is 0 Å². The molecule has 0 fully saturated rings. The van der Waals surface area contributed by atoms with Gasteiger partial charge in [0.05, 0.1) is 13.0 Å². The zero-order valence-corrected chi connectivity index (χ0v) is 15.9. The summed E-state index contributed by atoms with van der Waals surface area (Å²) in [5, 5.41) is 2.82. The van der Waals surface area contributed by atoms with Crippen LogP contribution < -0.4 is 4.74 Å². The largest absolute Gasteiger partial charge is 0.497 e. The predicted octanol–water partition coefficient (Wildman–Crippen LogP) is 5.52. The Bertz CT molecular complexity index is 967. The van der Waals surface area contributed by atoms with Crippen LogP contribution in [0.1, 0.15) is 24.0 Å². The molecule has 0 N–H and O–H groups in total. The number of hydrogen-bond donors (Lipinski definition) is 0. The van der Waals surface area contributed by atoms with E-state index in [0.29, 0.717) is 10.6 Å². The third kappa shape index (κ3) is 4.03. The first kappa shape index (κ1) is 18.4. The minimum Gasteiger partial charge on any atom is -0.497 e. The summed E-state index contributed by atoms with van der Waals surface area (Å²) in [7, 11) is 1.64. The van der Waals surface area contributed by atoms with Gasteiger partial charge in [0.15, 0.2) is 0 Å². The van der Waals surface area contributed by atoms with Crippen molar-refractivity contribution in [1.82, 2.24) is 0 Å². The molecular formula is C21H17ClO3S. The summed E-state index contributed by atoms with van der Waals surface area (Å²) in [5.74, 6) is -0.0319. The lowest BCUT2D eigenvalue weighted by atomic mass is 9.98. The second-order valence-electron chi connectivity index (χ2n) is 5.91. The second kappa shape index (κ2) is 7.85. The molecule has 0 aliphatic heterocycles. The summed E-state index contributed by atoms with van der Waals surface area (Å²) in [5.41, 5.74) is 1.52. The molecule has 3 aromatic rings. The minimum atomic E-state index is -0.438. The van der Waals surface area contributed by atoms with Crippen LogP contribution in [-0.2, 0) is 9.53 Å². The van der Waals surface area contributed by atoms with Crippen LogP contribution >= 0.6 is 23.8 Å². The molecule has 0 aliphatic rings. The number of carbonyl (C=O) groups excluding carboxylic acids is 1. The molecule has 0 amide bonds. The Kier molecular flexibility index (Phi) is 5.55. The SMILES string of the molecule is COc1ccc2cc([C@H](C)C(=O)OC(=S)c3ccc(Cl)cc3)ccc2c1. The van der Waals surface area contributed by atoms with Gasteiger partial charge in [-0.25, -0.2) is 0 Å². The third-order valence-electron chi connectivity index (χ3n) is 4.20. The van der Waals surface area contributed by atoms with Crippen LogP contribution in [0.2, 0.25) is 5.02 Å². The van der Waals surface area contributed by atoms with Gasteiger partial charge in [0.1, 0.15) is 5.75 Å². The number of thiocarbonyl (C=S) groups is 1. The number of hydrogen-bond acceptors (Lipinski definition) is 4. The van der Waals surface area contributed by atoms with Gasteiger partial charge in [-0.2, -0.15) is 0 Å². The van der Waals surface area contributed by atoms with Crippen molar-refractivity contribution in [3.8, 4) is 5.75 Å². The molecule has 0 saturated heterocycles.